The quantitative estimate of drug-likeness (QED) is 0.663. The standard InChI is InChI=1S/C18H16N8/c1-11-13(3-19)7-25-10-24-18-16(6-22)12(2)14(4-20)8-26(18)9-23-17(25)15(11)5-21/h23-24H,7-10H2,1-2H3. The summed E-state index contributed by atoms with van der Waals surface area (Å²) in [5.41, 5.74) is 3.32. The van der Waals surface area contributed by atoms with Crippen molar-refractivity contribution < 1.29 is 0 Å². The van der Waals surface area contributed by atoms with Crippen LogP contribution in [-0.2, 0) is 0 Å². The Balaban J connectivity index is 2.04. The van der Waals surface area contributed by atoms with E-state index in [1.165, 1.54) is 0 Å². The molecule has 0 aromatic carbocycles. The van der Waals surface area contributed by atoms with E-state index in [4.69, 9.17) is 0 Å². The molecule has 0 aliphatic carbocycles. The highest BCUT2D eigenvalue weighted by molar-refractivity contribution is 5.54. The molecule has 0 aromatic rings. The average Bonchev–Trinajstić information content (AvgIpc) is 2.64. The number of nitrogens with one attached hydrogen (secondary N) is 2. The van der Waals surface area contributed by atoms with E-state index in [9.17, 15) is 21.0 Å². The van der Waals surface area contributed by atoms with Crippen LogP contribution in [-0.4, -0.2) is 36.2 Å². The summed E-state index contributed by atoms with van der Waals surface area (Å²) in [4.78, 5) is 3.75. The fourth-order valence-electron chi connectivity index (χ4n) is 3.27. The summed E-state index contributed by atoms with van der Waals surface area (Å²) in [6.07, 6.45) is 0. The summed E-state index contributed by atoms with van der Waals surface area (Å²) in [6.45, 7) is 4.98. The molecule has 3 aliphatic rings. The Morgan fingerprint density at radius 2 is 1.08 bits per heavy atom. The Morgan fingerprint density at radius 3 is 1.38 bits per heavy atom. The minimum Gasteiger partial charge on any atom is -0.353 e. The number of nitrogens with zero attached hydrogens (tertiary/aromatic N) is 6. The molecule has 26 heavy (non-hydrogen) atoms. The SMILES string of the molecule is CC1=C(C#N)CN2CNC3=C(C#N)C(C)=C(C#N)CN3CNC2=C1C#N. The van der Waals surface area contributed by atoms with Crippen molar-refractivity contribution in [3.8, 4) is 24.3 Å². The van der Waals surface area contributed by atoms with Crippen LogP contribution in [0.1, 0.15) is 13.8 Å². The van der Waals surface area contributed by atoms with Crippen LogP contribution in [0.2, 0.25) is 0 Å². The first-order valence-corrected chi connectivity index (χ1v) is 8.02. The topological polar surface area (TPSA) is 126 Å². The lowest BCUT2D eigenvalue weighted by atomic mass is 9.97. The number of fused-ring (bicyclic) bond motifs is 2. The van der Waals surface area contributed by atoms with E-state index in [-0.39, 0.29) is 0 Å². The second-order valence-corrected chi connectivity index (χ2v) is 6.17. The molecule has 8 heteroatoms. The normalized spacial score (nSPS) is 19.8. The van der Waals surface area contributed by atoms with Gasteiger partial charge in [0.05, 0.1) is 60.9 Å². The predicted octanol–water partition coefficient (Wildman–Crippen LogP) is 0.876. The Labute approximate surface area is 151 Å². The Kier molecular flexibility index (Phi) is 4.27. The van der Waals surface area contributed by atoms with Gasteiger partial charge in [0.2, 0.25) is 0 Å². The van der Waals surface area contributed by atoms with Gasteiger partial charge >= 0.3 is 0 Å². The van der Waals surface area contributed by atoms with Gasteiger partial charge in [-0.1, -0.05) is 0 Å². The first-order chi connectivity index (χ1) is 12.5. The summed E-state index contributed by atoms with van der Waals surface area (Å²) in [6, 6.07) is 8.68. The summed E-state index contributed by atoms with van der Waals surface area (Å²) < 4.78 is 0. The number of hydrogen-bond acceptors (Lipinski definition) is 8. The molecule has 0 bridgehead atoms. The van der Waals surface area contributed by atoms with Crippen LogP contribution in [0.25, 0.3) is 0 Å². The van der Waals surface area contributed by atoms with Crippen molar-refractivity contribution in [2.75, 3.05) is 26.4 Å². The highest BCUT2D eigenvalue weighted by Crippen LogP contribution is 2.29. The lowest BCUT2D eigenvalue weighted by Gasteiger charge is -2.41. The van der Waals surface area contributed by atoms with E-state index in [1.807, 2.05) is 9.80 Å². The molecule has 3 rings (SSSR count). The molecular formula is C18H16N8. The summed E-state index contributed by atoms with van der Waals surface area (Å²) >= 11 is 0. The molecule has 0 saturated carbocycles. The third kappa shape index (κ3) is 2.51. The Morgan fingerprint density at radius 1 is 0.692 bits per heavy atom. The highest BCUT2D eigenvalue weighted by atomic mass is 15.4. The maximum Gasteiger partial charge on any atom is 0.123 e. The molecule has 0 aromatic heterocycles. The zero-order valence-corrected chi connectivity index (χ0v) is 14.5. The van der Waals surface area contributed by atoms with Crippen LogP contribution in [0.4, 0.5) is 0 Å². The molecule has 3 aliphatic heterocycles. The number of allylic oxidation sites excluding steroid dienone is 4. The molecule has 0 amide bonds. The first kappa shape index (κ1) is 17.0. The van der Waals surface area contributed by atoms with Crippen LogP contribution in [0.3, 0.4) is 0 Å². The van der Waals surface area contributed by atoms with Gasteiger partial charge in [0.1, 0.15) is 23.8 Å². The number of hydrogen-bond donors (Lipinski definition) is 2. The third-order valence-corrected chi connectivity index (χ3v) is 4.83. The van der Waals surface area contributed by atoms with Gasteiger partial charge in [-0.25, -0.2) is 0 Å². The van der Waals surface area contributed by atoms with Gasteiger partial charge in [-0.2, -0.15) is 21.0 Å². The lowest BCUT2D eigenvalue weighted by Crippen LogP contribution is -2.52. The van der Waals surface area contributed by atoms with E-state index in [0.717, 1.165) is 0 Å². The van der Waals surface area contributed by atoms with Crippen molar-refractivity contribution in [1.29, 1.82) is 21.0 Å². The fourth-order valence-corrected chi connectivity index (χ4v) is 3.27. The molecule has 2 N–H and O–H groups in total. The minimum atomic E-state index is 0.332. The Bertz CT molecular complexity index is 885. The highest BCUT2D eigenvalue weighted by Gasteiger charge is 2.31. The van der Waals surface area contributed by atoms with Crippen molar-refractivity contribution in [1.82, 2.24) is 20.4 Å². The second kappa shape index (κ2) is 6.55. The van der Waals surface area contributed by atoms with Crippen LogP contribution < -0.4 is 10.6 Å². The van der Waals surface area contributed by atoms with Crippen LogP contribution in [0.5, 0.6) is 0 Å². The van der Waals surface area contributed by atoms with Crippen molar-refractivity contribution >= 4 is 0 Å². The molecule has 0 radical (unpaired) electrons. The third-order valence-electron chi connectivity index (χ3n) is 4.83. The second-order valence-electron chi connectivity index (χ2n) is 6.17. The van der Waals surface area contributed by atoms with E-state index in [2.05, 4.69) is 34.9 Å². The maximum absolute atomic E-state index is 9.55. The molecule has 1 saturated heterocycles. The van der Waals surface area contributed by atoms with Gasteiger partial charge in [0, 0.05) is 0 Å². The maximum atomic E-state index is 9.55. The van der Waals surface area contributed by atoms with Crippen molar-refractivity contribution in [3.05, 3.63) is 45.1 Å². The van der Waals surface area contributed by atoms with E-state index >= 15 is 0 Å². The van der Waals surface area contributed by atoms with E-state index in [0.29, 0.717) is 71.5 Å². The van der Waals surface area contributed by atoms with Gasteiger partial charge < -0.3 is 20.4 Å². The van der Waals surface area contributed by atoms with Gasteiger partial charge in [-0.15, -0.1) is 0 Å². The van der Waals surface area contributed by atoms with Gasteiger partial charge in [-0.05, 0) is 25.0 Å². The van der Waals surface area contributed by atoms with Gasteiger partial charge in [0.25, 0.3) is 0 Å². The van der Waals surface area contributed by atoms with Gasteiger partial charge in [-0.3, -0.25) is 0 Å². The molecular weight excluding hydrogens is 328 g/mol. The summed E-state index contributed by atoms with van der Waals surface area (Å²) in [5.74, 6) is 1.30. The predicted molar refractivity (Wildman–Crippen MR) is 91.3 cm³/mol. The van der Waals surface area contributed by atoms with Gasteiger partial charge in [0.15, 0.2) is 0 Å². The minimum absolute atomic E-state index is 0.332. The molecule has 8 nitrogen and oxygen atoms in total. The molecule has 0 spiro atoms. The zero-order chi connectivity index (χ0) is 18.8. The molecule has 0 atom stereocenters. The smallest absolute Gasteiger partial charge is 0.123 e. The van der Waals surface area contributed by atoms with Crippen LogP contribution >= 0.6 is 0 Å². The number of nitriles is 4. The molecule has 3 heterocycles. The monoisotopic (exact) mass is 344 g/mol. The van der Waals surface area contributed by atoms with Crippen molar-refractivity contribution in [2.45, 2.75) is 13.8 Å². The zero-order valence-electron chi connectivity index (χ0n) is 14.5. The van der Waals surface area contributed by atoms with Crippen LogP contribution in [0, 0.1) is 45.3 Å². The van der Waals surface area contributed by atoms with E-state index in [1.54, 1.807) is 13.8 Å². The average molecular weight is 344 g/mol. The molecule has 1 fully saturated rings. The van der Waals surface area contributed by atoms with E-state index < -0.39 is 0 Å². The van der Waals surface area contributed by atoms with Crippen molar-refractivity contribution in [2.24, 2.45) is 0 Å². The number of rotatable bonds is 0. The largest absolute Gasteiger partial charge is 0.353 e. The fraction of sp³-hybridized carbons (Fsp3) is 0.333. The Hall–Kier alpha value is -3.88. The van der Waals surface area contributed by atoms with Crippen LogP contribution in [0.15, 0.2) is 45.1 Å². The molecule has 128 valence electrons. The summed E-state index contributed by atoms with van der Waals surface area (Å²) in [5, 5.41) is 44.3. The lowest BCUT2D eigenvalue weighted by molar-refractivity contribution is 0.228. The first-order valence-electron chi connectivity index (χ1n) is 8.02. The summed E-state index contributed by atoms with van der Waals surface area (Å²) in [7, 11) is 0. The molecule has 0 unspecified atom stereocenters. The van der Waals surface area contributed by atoms with Crippen molar-refractivity contribution in [3.63, 3.8) is 0 Å².